The van der Waals surface area contributed by atoms with Crippen molar-refractivity contribution in [3.63, 3.8) is 0 Å². The lowest BCUT2D eigenvalue weighted by molar-refractivity contribution is 0.112. The van der Waals surface area contributed by atoms with Crippen LogP contribution in [-0.2, 0) is 6.42 Å². The standard InChI is InChI=1S/C12H19ClN2O/c1-5-9(4)15-12(13)10(7-16)11(14-15)6-8(2)3/h7-9H,5-6H2,1-4H3. The highest BCUT2D eigenvalue weighted by Crippen LogP contribution is 2.25. The quantitative estimate of drug-likeness (QED) is 0.741. The summed E-state index contributed by atoms with van der Waals surface area (Å²) in [6, 6.07) is 0.229. The van der Waals surface area contributed by atoms with Gasteiger partial charge < -0.3 is 0 Å². The summed E-state index contributed by atoms with van der Waals surface area (Å²) < 4.78 is 1.75. The molecule has 0 saturated carbocycles. The Morgan fingerprint density at radius 1 is 1.44 bits per heavy atom. The van der Waals surface area contributed by atoms with E-state index in [1.165, 1.54) is 0 Å². The zero-order valence-electron chi connectivity index (χ0n) is 10.3. The first kappa shape index (κ1) is 13.2. The molecule has 0 aromatic carbocycles. The molecule has 0 N–H and O–H groups in total. The van der Waals surface area contributed by atoms with Gasteiger partial charge in [0.2, 0.25) is 0 Å². The van der Waals surface area contributed by atoms with Gasteiger partial charge in [0, 0.05) is 0 Å². The van der Waals surface area contributed by atoms with Gasteiger partial charge in [-0.3, -0.25) is 9.48 Å². The number of rotatable bonds is 5. The minimum Gasteiger partial charge on any atom is -0.298 e. The van der Waals surface area contributed by atoms with Crippen LogP contribution in [0.15, 0.2) is 0 Å². The molecular formula is C12H19ClN2O. The van der Waals surface area contributed by atoms with E-state index in [1.54, 1.807) is 4.68 Å². The van der Waals surface area contributed by atoms with Crippen molar-refractivity contribution < 1.29 is 4.79 Å². The predicted molar refractivity (Wildman–Crippen MR) is 66.2 cm³/mol. The lowest BCUT2D eigenvalue weighted by atomic mass is 10.1. The van der Waals surface area contributed by atoms with Crippen LogP contribution in [0.4, 0.5) is 0 Å². The third-order valence-corrected chi connectivity index (χ3v) is 3.07. The number of halogens is 1. The predicted octanol–water partition coefficient (Wildman–Crippen LogP) is 3.52. The Bertz CT molecular complexity index is 371. The topological polar surface area (TPSA) is 34.9 Å². The summed E-state index contributed by atoms with van der Waals surface area (Å²) in [5.74, 6) is 0.468. The summed E-state index contributed by atoms with van der Waals surface area (Å²) in [4.78, 5) is 11.0. The fourth-order valence-electron chi connectivity index (χ4n) is 1.59. The van der Waals surface area contributed by atoms with Gasteiger partial charge >= 0.3 is 0 Å². The third-order valence-electron chi connectivity index (χ3n) is 2.69. The Morgan fingerprint density at radius 2 is 2.06 bits per heavy atom. The molecule has 0 aliphatic heterocycles. The summed E-state index contributed by atoms with van der Waals surface area (Å²) in [5.41, 5.74) is 1.37. The summed E-state index contributed by atoms with van der Waals surface area (Å²) >= 11 is 6.16. The highest BCUT2D eigenvalue weighted by atomic mass is 35.5. The monoisotopic (exact) mass is 242 g/mol. The first-order valence-electron chi connectivity index (χ1n) is 5.73. The molecule has 3 nitrogen and oxygen atoms in total. The number of hydrogen-bond donors (Lipinski definition) is 0. The molecular weight excluding hydrogens is 224 g/mol. The number of aldehydes is 1. The van der Waals surface area contributed by atoms with Crippen molar-refractivity contribution in [2.45, 2.75) is 46.6 Å². The maximum Gasteiger partial charge on any atom is 0.155 e. The van der Waals surface area contributed by atoms with Gasteiger partial charge in [-0.15, -0.1) is 0 Å². The van der Waals surface area contributed by atoms with E-state index in [0.717, 1.165) is 24.8 Å². The second-order valence-electron chi connectivity index (χ2n) is 4.57. The second-order valence-corrected chi connectivity index (χ2v) is 4.93. The summed E-state index contributed by atoms with van der Waals surface area (Å²) in [5, 5.41) is 4.92. The number of carbonyl (C=O) groups excluding carboxylic acids is 1. The Labute approximate surface area is 102 Å². The SMILES string of the molecule is CCC(C)n1nc(CC(C)C)c(C=O)c1Cl. The van der Waals surface area contributed by atoms with Gasteiger partial charge in [0.1, 0.15) is 5.15 Å². The van der Waals surface area contributed by atoms with Crippen LogP contribution in [0.3, 0.4) is 0 Å². The zero-order chi connectivity index (χ0) is 12.3. The Kier molecular flexibility index (Phi) is 4.54. The first-order chi connectivity index (χ1) is 7.51. The molecule has 0 bridgehead atoms. The largest absolute Gasteiger partial charge is 0.298 e. The summed E-state index contributed by atoms with van der Waals surface area (Å²) in [7, 11) is 0. The molecule has 0 aliphatic carbocycles. The van der Waals surface area contributed by atoms with Crippen LogP contribution in [0.5, 0.6) is 0 Å². The molecule has 16 heavy (non-hydrogen) atoms. The maximum atomic E-state index is 11.0. The highest BCUT2D eigenvalue weighted by Gasteiger charge is 2.18. The molecule has 0 amide bonds. The number of nitrogens with zero attached hydrogens (tertiary/aromatic N) is 2. The molecule has 0 saturated heterocycles. The van der Waals surface area contributed by atoms with Crippen LogP contribution >= 0.6 is 11.6 Å². The van der Waals surface area contributed by atoms with Crippen molar-refractivity contribution in [3.8, 4) is 0 Å². The van der Waals surface area contributed by atoms with Crippen LogP contribution in [-0.4, -0.2) is 16.1 Å². The molecule has 0 fully saturated rings. The van der Waals surface area contributed by atoms with E-state index in [2.05, 4.69) is 25.9 Å². The highest BCUT2D eigenvalue weighted by molar-refractivity contribution is 6.32. The van der Waals surface area contributed by atoms with Crippen LogP contribution in [0.1, 0.15) is 56.2 Å². The van der Waals surface area contributed by atoms with E-state index < -0.39 is 0 Å². The molecule has 1 aromatic rings. The third kappa shape index (κ3) is 2.64. The van der Waals surface area contributed by atoms with E-state index in [0.29, 0.717) is 16.6 Å². The maximum absolute atomic E-state index is 11.0. The minimum absolute atomic E-state index is 0.229. The van der Waals surface area contributed by atoms with Crippen molar-refractivity contribution >= 4 is 17.9 Å². The van der Waals surface area contributed by atoms with Gasteiger partial charge in [0.05, 0.1) is 17.3 Å². The van der Waals surface area contributed by atoms with E-state index >= 15 is 0 Å². The molecule has 0 spiro atoms. The van der Waals surface area contributed by atoms with Gasteiger partial charge in [-0.1, -0.05) is 32.4 Å². The number of aromatic nitrogens is 2. The zero-order valence-corrected chi connectivity index (χ0v) is 11.1. The summed E-state index contributed by atoms with van der Waals surface area (Å²) in [6.45, 7) is 8.33. The Morgan fingerprint density at radius 3 is 2.50 bits per heavy atom. The molecule has 1 atom stereocenters. The summed E-state index contributed by atoms with van der Waals surface area (Å²) in [6.07, 6.45) is 2.55. The lowest BCUT2D eigenvalue weighted by Gasteiger charge is -2.09. The molecule has 4 heteroatoms. The van der Waals surface area contributed by atoms with Crippen LogP contribution in [0, 0.1) is 5.92 Å². The van der Waals surface area contributed by atoms with Crippen molar-refractivity contribution in [1.82, 2.24) is 9.78 Å². The minimum atomic E-state index is 0.229. The molecule has 0 aliphatic rings. The molecule has 90 valence electrons. The molecule has 1 rings (SSSR count). The number of hydrogen-bond acceptors (Lipinski definition) is 2. The van der Waals surface area contributed by atoms with Gasteiger partial charge in [0.25, 0.3) is 0 Å². The average molecular weight is 243 g/mol. The molecule has 1 heterocycles. The molecule has 1 aromatic heterocycles. The molecule has 1 unspecified atom stereocenters. The van der Waals surface area contributed by atoms with Crippen molar-refractivity contribution in [2.75, 3.05) is 0 Å². The Hall–Kier alpha value is -0.830. The van der Waals surface area contributed by atoms with Crippen molar-refractivity contribution in [2.24, 2.45) is 5.92 Å². The van der Waals surface area contributed by atoms with E-state index in [4.69, 9.17) is 11.6 Å². The van der Waals surface area contributed by atoms with E-state index in [-0.39, 0.29) is 6.04 Å². The fraction of sp³-hybridized carbons (Fsp3) is 0.667. The smallest absolute Gasteiger partial charge is 0.155 e. The fourth-order valence-corrected chi connectivity index (χ4v) is 1.95. The van der Waals surface area contributed by atoms with Crippen LogP contribution in [0.2, 0.25) is 5.15 Å². The van der Waals surface area contributed by atoms with Gasteiger partial charge in [0.15, 0.2) is 6.29 Å². The van der Waals surface area contributed by atoms with Crippen molar-refractivity contribution in [1.29, 1.82) is 0 Å². The lowest BCUT2D eigenvalue weighted by Crippen LogP contribution is -2.06. The number of carbonyl (C=O) groups is 1. The van der Waals surface area contributed by atoms with Gasteiger partial charge in [-0.2, -0.15) is 5.10 Å². The molecule has 0 radical (unpaired) electrons. The average Bonchev–Trinajstić information content (AvgIpc) is 2.53. The first-order valence-corrected chi connectivity index (χ1v) is 6.11. The Balaban J connectivity index is 3.14. The van der Waals surface area contributed by atoms with Gasteiger partial charge in [-0.05, 0) is 25.7 Å². The van der Waals surface area contributed by atoms with E-state index in [9.17, 15) is 4.79 Å². The van der Waals surface area contributed by atoms with E-state index in [1.807, 2.05) is 6.92 Å². The van der Waals surface area contributed by atoms with Crippen LogP contribution < -0.4 is 0 Å². The van der Waals surface area contributed by atoms with Crippen molar-refractivity contribution in [3.05, 3.63) is 16.4 Å². The van der Waals surface area contributed by atoms with Gasteiger partial charge in [-0.25, -0.2) is 0 Å². The van der Waals surface area contributed by atoms with Crippen LogP contribution in [0.25, 0.3) is 0 Å². The normalized spacial score (nSPS) is 13.1. The second kappa shape index (κ2) is 5.48.